The molecule has 0 spiro atoms. The second-order valence-corrected chi connectivity index (χ2v) is 8.28. The molecule has 7 nitrogen and oxygen atoms in total. The molecule has 3 aliphatic rings. The predicted octanol–water partition coefficient (Wildman–Crippen LogP) is 3.14. The molecule has 28 heavy (non-hydrogen) atoms. The summed E-state index contributed by atoms with van der Waals surface area (Å²) >= 11 is 0. The number of hydrogen-bond donors (Lipinski definition) is 1. The van der Waals surface area contributed by atoms with Crippen LogP contribution in [0.5, 0.6) is 0 Å². The zero-order chi connectivity index (χ0) is 18.9. The summed E-state index contributed by atoms with van der Waals surface area (Å²) in [5.41, 5.74) is 3.05. The first-order valence-corrected chi connectivity index (χ1v) is 10.6. The second kappa shape index (κ2) is 7.62. The number of nitrogens with one attached hydrogen (secondary N) is 1. The Labute approximate surface area is 164 Å². The van der Waals surface area contributed by atoms with Crippen molar-refractivity contribution in [3.8, 4) is 0 Å². The molecule has 1 unspecified atom stereocenters. The highest BCUT2D eigenvalue weighted by Gasteiger charge is 2.28. The first kappa shape index (κ1) is 17.8. The molecule has 1 aliphatic carbocycles. The van der Waals surface area contributed by atoms with Gasteiger partial charge < -0.3 is 14.7 Å². The molecule has 5 rings (SSSR count). The van der Waals surface area contributed by atoms with Crippen LogP contribution < -0.4 is 5.32 Å². The third-order valence-electron chi connectivity index (χ3n) is 6.37. The van der Waals surface area contributed by atoms with E-state index in [2.05, 4.69) is 15.5 Å². The molecule has 0 bridgehead atoms. The van der Waals surface area contributed by atoms with Gasteiger partial charge in [0, 0.05) is 43.3 Å². The largest absolute Gasteiger partial charge is 0.351 e. The van der Waals surface area contributed by atoms with E-state index < -0.39 is 0 Å². The third kappa shape index (κ3) is 3.43. The molecule has 0 aromatic carbocycles. The lowest BCUT2D eigenvalue weighted by Gasteiger charge is -2.27. The van der Waals surface area contributed by atoms with E-state index in [1.807, 2.05) is 17.2 Å². The molecule has 2 aliphatic heterocycles. The minimum absolute atomic E-state index is 0.0817. The number of carbonyl (C=O) groups is 1. The van der Waals surface area contributed by atoms with E-state index in [0.717, 1.165) is 55.0 Å². The first-order chi connectivity index (χ1) is 13.8. The van der Waals surface area contributed by atoms with Crippen LogP contribution in [-0.2, 0) is 13.0 Å². The van der Waals surface area contributed by atoms with Crippen molar-refractivity contribution >= 4 is 5.91 Å². The van der Waals surface area contributed by atoms with E-state index in [4.69, 9.17) is 9.51 Å². The summed E-state index contributed by atoms with van der Waals surface area (Å²) in [6.07, 6.45) is 11.0. The van der Waals surface area contributed by atoms with Gasteiger partial charge in [-0.3, -0.25) is 4.79 Å². The maximum Gasteiger partial charge on any atom is 0.292 e. The predicted molar refractivity (Wildman–Crippen MR) is 103 cm³/mol. The lowest BCUT2D eigenvalue weighted by molar-refractivity contribution is 0.0690. The molecule has 0 radical (unpaired) electrons. The summed E-state index contributed by atoms with van der Waals surface area (Å²) < 4.78 is 5.43. The van der Waals surface area contributed by atoms with Gasteiger partial charge >= 0.3 is 0 Å². The van der Waals surface area contributed by atoms with Crippen molar-refractivity contribution in [3.63, 3.8) is 0 Å². The van der Waals surface area contributed by atoms with E-state index in [0.29, 0.717) is 24.8 Å². The van der Waals surface area contributed by atoms with Gasteiger partial charge in [-0.2, -0.15) is 0 Å². The van der Waals surface area contributed by atoms with Gasteiger partial charge in [0.05, 0.1) is 17.4 Å². The molecule has 1 saturated carbocycles. The summed E-state index contributed by atoms with van der Waals surface area (Å²) in [4.78, 5) is 24.1. The zero-order valence-electron chi connectivity index (χ0n) is 16.2. The summed E-state index contributed by atoms with van der Waals surface area (Å²) in [7, 11) is 0. The van der Waals surface area contributed by atoms with Crippen LogP contribution in [0.2, 0.25) is 0 Å². The fourth-order valence-corrected chi connectivity index (χ4v) is 4.71. The summed E-state index contributed by atoms with van der Waals surface area (Å²) in [5.74, 6) is 1.61. The van der Waals surface area contributed by atoms with E-state index in [1.165, 1.54) is 25.7 Å². The van der Waals surface area contributed by atoms with Crippen molar-refractivity contribution in [1.82, 2.24) is 25.3 Å². The average Bonchev–Trinajstić information content (AvgIpc) is 3.45. The molecule has 148 valence electrons. The molecule has 7 heteroatoms. The average molecular weight is 381 g/mol. The molecule has 4 heterocycles. The van der Waals surface area contributed by atoms with Gasteiger partial charge in [0.1, 0.15) is 5.82 Å². The maximum atomic E-state index is 12.9. The lowest BCUT2D eigenvalue weighted by Crippen LogP contribution is -2.36. The van der Waals surface area contributed by atoms with Gasteiger partial charge in [-0.25, -0.2) is 9.97 Å². The van der Waals surface area contributed by atoms with Crippen molar-refractivity contribution in [1.29, 1.82) is 0 Å². The van der Waals surface area contributed by atoms with Crippen LogP contribution in [0.3, 0.4) is 0 Å². The normalized spacial score (nSPS) is 23.0. The highest BCUT2D eigenvalue weighted by Crippen LogP contribution is 2.32. The molecule has 2 aromatic rings. The Hall–Kier alpha value is -2.28. The van der Waals surface area contributed by atoms with Crippen LogP contribution in [0.15, 0.2) is 16.8 Å². The Balaban J connectivity index is 1.28. The number of aromatic nitrogens is 3. The zero-order valence-corrected chi connectivity index (χ0v) is 16.2. The van der Waals surface area contributed by atoms with Crippen LogP contribution in [0, 0.1) is 0 Å². The third-order valence-corrected chi connectivity index (χ3v) is 6.37. The highest BCUT2D eigenvalue weighted by atomic mass is 16.5. The first-order valence-electron chi connectivity index (χ1n) is 10.6. The SMILES string of the molecule is O=C(c1cc(C2CCCCC2)no1)N1CCc2nc(C3CCCN3)ncc2C1. The Bertz CT molecular complexity index is 852. The van der Waals surface area contributed by atoms with E-state index in [-0.39, 0.29) is 11.9 Å². The van der Waals surface area contributed by atoms with Gasteiger partial charge in [-0.05, 0) is 32.2 Å². The summed E-state index contributed by atoms with van der Waals surface area (Å²) in [6, 6.07) is 2.14. The highest BCUT2D eigenvalue weighted by molar-refractivity contribution is 5.91. The van der Waals surface area contributed by atoms with Crippen molar-refractivity contribution in [2.45, 2.75) is 69.9 Å². The summed E-state index contributed by atoms with van der Waals surface area (Å²) in [6.45, 7) is 2.22. The number of carbonyl (C=O) groups excluding carboxylic acids is 1. The number of amides is 1. The van der Waals surface area contributed by atoms with Gasteiger partial charge in [0.15, 0.2) is 0 Å². The van der Waals surface area contributed by atoms with E-state index in [1.54, 1.807) is 0 Å². The number of hydrogen-bond acceptors (Lipinski definition) is 6. The molecule has 2 fully saturated rings. The fourth-order valence-electron chi connectivity index (χ4n) is 4.71. The van der Waals surface area contributed by atoms with Crippen LogP contribution in [-0.4, -0.2) is 39.0 Å². The van der Waals surface area contributed by atoms with Crippen LogP contribution in [0.4, 0.5) is 0 Å². The summed E-state index contributed by atoms with van der Waals surface area (Å²) in [5, 5.41) is 7.65. The fraction of sp³-hybridized carbons (Fsp3) is 0.619. The molecule has 2 aromatic heterocycles. The Morgan fingerprint density at radius 1 is 1.18 bits per heavy atom. The van der Waals surface area contributed by atoms with Gasteiger partial charge in [-0.1, -0.05) is 24.4 Å². The standard InChI is InChI=1S/C21H27N5O2/c27-21(19-11-18(25-28-19)14-5-2-1-3-6-14)26-10-8-16-15(13-26)12-23-20(24-16)17-7-4-9-22-17/h11-12,14,17,22H,1-10,13H2. The van der Waals surface area contributed by atoms with E-state index >= 15 is 0 Å². The monoisotopic (exact) mass is 381 g/mol. The Kier molecular flexibility index (Phi) is 4.84. The lowest BCUT2D eigenvalue weighted by atomic mass is 9.87. The van der Waals surface area contributed by atoms with E-state index in [9.17, 15) is 4.79 Å². The van der Waals surface area contributed by atoms with Gasteiger partial charge in [0.2, 0.25) is 5.76 Å². The van der Waals surface area contributed by atoms with Gasteiger partial charge in [-0.15, -0.1) is 0 Å². The minimum Gasteiger partial charge on any atom is -0.351 e. The van der Waals surface area contributed by atoms with Crippen molar-refractivity contribution < 1.29 is 9.32 Å². The number of rotatable bonds is 3. The van der Waals surface area contributed by atoms with Crippen LogP contribution in [0.1, 0.15) is 90.2 Å². The number of nitrogens with zero attached hydrogens (tertiary/aromatic N) is 4. The van der Waals surface area contributed by atoms with Crippen molar-refractivity contribution in [2.75, 3.05) is 13.1 Å². The molecule has 1 atom stereocenters. The molecule has 1 amide bonds. The number of fused-ring (bicyclic) bond motifs is 1. The molecule has 1 saturated heterocycles. The van der Waals surface area contributed by atoms with Crippen molar-refractivity contribution in [3.05, 3.63) is 40.8 Å². The van der Waals surface area contributed by atoms with Crippen molar-refractivity contribution in [2.24, 2.45) is 0 Å². The van der Waals surface area contributed by atoms with Gasteiger partial charge in [0.25, 0.3) is 5.91 Å². The Morgan fingerprint density at radius 3 is 2.89 bits per heavy atom. The smallest absolute Gasteiger partial charge is 0.292 e. The quantitative estimate of drug-likeness (QED) is 0.879. The van der Waals surface area contributed by atoms with Crippen LogP contribution >= 0.6 is 0 Å². The topological polar surface area (TPSA) is 84.2 Å². The Morgan fingerprint density at radius 2 is 2.07 bits per heavy atom. The molecular weight excluding hydrogens is 354 g/mol. The second-order valence-electron chi connectivity index (χ2n) is 8.28. The molecular formula is C21H27N5O2. The maximum absolute atomic E-state index is 12.9. The van der Waals surface area contributed by atoms with Crippen LogP contribution in [0.25, 0.3) is 0 Å². The molecule has 1 N–H and O–H groups in total. The minimum atomic E-state index is -0.0817.